The maximum atomic E-state index is 12.2. The van der Waals surface area contributed by atoms with E-state index in [1.54, 1.807) is 0 Å². The smallest absolute Gasteiger partial charge is 0.303 e. The van der Waals surface area contributed by atoms with E-state index in [-0.39, 0.29) is 5.92 Å². The first-order valence-corrected chi connectivity index (χ1v) is 6.07. The molecule has 0 aliphatic heterocycles. The zero-order valence-corrected chi connectivity index (χ0v) is 10.0. The predicted octanol–water partition coefficient (Wildman–Crippen LogP) is 3.42. The first-order valence-electron chi connectivity index (χ1n) is 5.08. The molecule has 1 aromatic heterocycles. The third-order valence-corrected chi connectivity index (χ3v) is 3.36. The van der Waals surface area contributed by atoms with Crippen molar-refractivity contribution < 1.29 is 18.0 Å². The monoisotopic (exact) mass is 263 g/mol. The summed E-state index contributed by atoms with van der Waals surface area (Å²) in [6.07, 6.45) is -1.97. The maximum absolute atomic E-state index is 12.2. The maximum Gasteiger partial charge on any atom is 0.417 e. The van der Waals surface area contributed by atoms with Crippen molar-refractivity contribution in [3.05, 3.63) is 23.9 Å². The molecule has 0 spiro atoms. The summed E-state index contributed by atoms with van der Waals surface area (Å²) in [5, 5.41) is 0.498. The van der Waals surface area contributed by atoms with Gasteiger partial charge in [0.05, 0.1) is 10.6 Å². The number of carbonyl (C=O) groups is 1. The fourth-order valence-corrected chi connectivity index (χ4v) is 2.07. The molecule has 0 radical (unpaired) electrons. The highest BCUT2D eigenvalue weighted by molar-refractivity contribution is 7.99. The van der Waals surface area contributed by atoms with Gasteiger partial charge in [0, 0.05) is 17.9 Å². The van der Waals surface area contributed by atoms with Crippen LogP contribution in [0.15, 0.2) is 23.4 Å². The number of carbonyl (C=O) groups excluding carboxylic acids is 1. The van der Waals surface area contributed by atoms with Gasteiger partial charge in [-0.05, 0) is 18.6 Å². The van der Waals surface area contributed by atoms with Gasteiger partial charge in [-0.2, -0.15) is 13.2 Å². The van der Waals surface area contributed by atoms with E-state index >= 15 is 0 Å². The molecule has 94 valence electrons. The largest absolute Gasteiger partial charge is 0.417 e. The summed E-state index contributed by atoms with van der Waals surface area (Å²) in [5.41, 5.74) is -0.760. The van der Waals surface area contributed by atoms with Crippen molar-refractivity contribution in [1.82, 2.24) is 4.98 Å². The minimum Gasteiger partial charge on any atom is -0.303 e. The minimum atomic E-state index is -4.36. The van der Waals surface area contributed by atoms with Crippen LogP contribution in [-0.2, 0) is 11.0 Å². The Hall–Kier alpha value is -1.04. The lowest BCUT2D eigenvalue weighted by Crippen LogP contribution is -2.06. The topological polar surface area (TPSA) is 30.0 Å². The Kier molecular flexibility index (Phi) is 4.99. The summed E-state index contributed by atoms with van der Waals surface area (Å²) in [6, 6.07) is 2.32. The van der Waals surface area contributed by atoms with Crippen LogP contribution < -0.4 is 0 Å². The molecule has 0 amide bonds. The second-order valence-corrected chi connectivity index (χ2v) is 4.54. The number of pyridine rings is 1. The molecule has 1 unspecified atom stereocenters. The van der Waals surface area contributed by atoms with Crippen LogP contribution in [-0.4, -0.2) is 17.0 Å². The highest BCUT2D eigenvalue weighted by Crippen LogP contribution is 2.29. The van der Waals surface area contributed by atoms with E-state index in [2.05, 4.69) is 4.98 Å². The van der Waals surface area contributed by atoms with E-state index in [9.17, 15) is 18.0 Å². The Morgan fingerprint density at radius 3 is 2.59 bits per heavy atom. The highest BCUT2D eigenvalue weighted by Gasteiger charge is 2.30. The standard InChI is InChI=1S/C11H12F3NOS/c1-2-8(6-16)7-17-10-4-3-9(5-15-10)11(12,13)14/h3-6,8H,2,7H2,1H3. The summed E-state index contributed by atoms with van der Waals surface area (Å²) in [4.78, 5) is 14.3. The van der Waals surface area contributed by atoms with E-state index in [0.29, 0.717) is 10.8 Å². The van der Waals surface area contributed by atoms with Gasteiger partial charge < -0.3 is 4.79 Å². The van der Waals surface area contributed by atoms with Crippen molar-refractivity contribution >= 4 is 18.0 Å². The Morgan fingerprint density at radius 2 is 2.18 bits per heavy atom. The third kappa shape index (κ3) is 4.38. The first kappa shape index (κ1) is 14.0. The van der Waals surface area contributed by atoms with Gasteiger partial charge in [0.2, 0.25) is 0 Å². The van der Waals surface area contributed by atoms with Gasteiger partial charge in [-0.1, -0.05) is 6.92 Å². The first-order chi connectivity index (χ1) is 7.97. The summed E-state index contributed by atoms with van der Waals surface area (Å²) in [5.74, 6) is 0.461. The Bertz CT molecular complexity index is 364. The van der Waals surface area contributed by atoms with Crippen LogP contribution in [0, 0.1) is 5.92 Å². The molecular formula is C11H12F3NOS. The third-order valence-electron chi connectivity index (χ3n) is 2.23. The summed E-state index contributed by atoms with van der Waals surface area (Å²) < 4.78 is 36.7. The van der Waals surface area contributed by atoms with Crippen LogP contribution in [0.1, 0.15) is 18.9 Å². The van der Waals surface area contributed by atoms with Gasteiger partial charge in [-0.25, -0.2) is 4.98 Å². The molecule has 0 aliphatic rings. The lowest BCUT2D eigenvalue weighted by Gasteiger charge is -2.08. The fraction of sp³-hybridized carbons (Fsp3) is 0.455. The van der Waals surface area contributed by atoms with Crippen molar-refractivity contribution in [1.29, 1.82) is 0 Å². The average Bonchev–Trinajstić information content (AvgIpc) is 2.30. The molecular weight excluding hydrogens is 251 g/mol. The molecule has 0 saturated carbocycles. The van der Waals surface area contributed by atoms with Crippen LogP contribution in [0.25, 0.3) is 0 Å². The molecule has 0 saturated heterocycles. The minimum absolute atomic E-state index is 0.0795. The fourth-order valence-electron chi connectivity index (χ4n) is 1.08. The van der Waals surface area contributed by atoms with Crippen molar-refractivity contribution in [2.75, 3.05) is 5.75 Å². The van der Waals surface area contributed by atoms with E-state index in [1.165, 1.54) is 17.8 Å². The second kappa shape index (κ2) is 6.05. The van der Waals surface area contributed by atoms with Gasteiger partial charge in [-0.15, -0.1) is 11.8 Å². The van der Waals surface area contributed by atoms with E-state index in [1.807, 2.05) is 6.92 Å². The molecule has 0 bridgehead atoms. The van der Waals surface area contributed by atoms with Crippen LogP contribution in [0.3, 0.4) is 0 Å². The Balaban J connectivity index is 2.60. The van der Waals surface area contributed by atoms with Crippen LogP contribution in [0.2, 0.25) is 0 Å². The lowest BCUT2D eigenvalue weighted by atomic mass is 10.1. The number of hydrogen-bond acceptors (Lipinski definition) is 3. The van der Waals surface area contributed by atoms with Crippen molar-refractivity contribution in [2.45, 2.75) is 24.5 Å². The number of halogens is 3. The Morgan fingerprint density at radius 1 is 1.47 bits per heavy atom. The van der Waals surface area contributed by atoms with Crippen molar-refractivity contribution in [2.24, 2.45) is 5.92 Å². The summed E-state index contributed by atoms with van der Waals surface area (Å²) in [7, 11) is 0. The molecule has 0 aliphatic carbocycles. The zero-order valence-electron chi connectivity index (χ0n) is 9.20. The second-order valence-electron chi connectivity index (χ2n) is 3.50. The number of rotatable bonds is 5. The van der Waals surface area contributed by atoms with Gasteiger partial charge in [-0.3, -0.25) is 0 Å². The average molecular weight is 263 g/mol. The van der Waals surface area contributed by atoms with Gasteiger partial charge >= 0.3 is 6.18 Å². The lowest BCUT2D eigenvalue weighted by molar-refractivity contribution is -0.137. The Labute approximate surface area is 102 Å². The molecule has 1 heterocycles. The van der Waals surface area contributed by atoms with Gasteiger partial charge in [0.15, 0.2) is 0 Å². The zero-order chi connectivity index (χ0) is 12.9. The van der Waals surface area contributed by atoms with E-state index in [0.717, 1.165) is 25.0 Å². The SMILES string of the molecule is CCC(C=O)CSc1ccc(C(F)(F)F)cn1. The van der Waals surface area contributed by atoms with E-state index in [4.69, 9.17) is 0 Å². The van der Waals surface area contributed by atoms with Crippen LogP contribution in [0.5, 0.6) is 0 Å². The van der Waals surface area contributed by atoms with Crippen LogP contribution >= 0.6 is 11.8 Å². The number of aromatic nitrogens is 1. The molecule has 1 aromatic rings. The highest BCUT2D eigenvalue weighted by atomic mass is 32.2. The summed E-state index contributed by atoms with van der Waals surface area (Å²) >= 11 is 1.29. The molecule has 6 heteroatoms. The number of nitrogens with zero attached hydrogens (tertiary/aromatic N) is 1. The number of hydrogen-bond donors (Lipinski definition) is 0. The molecule has 0 fully saturated rings. The van der Waals surface area contributed by atoms with E-state index < -0.39 is 11.7 Å². The van der Waals surface area contributed by atoms with Crippen LogP contribution in [0.4, 0.5) is 13.2 Å². The normalized spacial score (nSPS) is 13.4. The molecule has 1 rings (SSSR count). The molecule has 0 aromatic carbocycles. The quantitative estimate of drug-likeness (QED) is 0.602. The van der Waals surface area contributed by atoms with Gasteiger partial charge in [0.1, 0.15) is 6.29 Å². The predicted molar refractivity (Wildman–Crippen MR) is 59.8 cm³/mol. The van der Waals surface area contributed by atoms with Crippen molar-refractivity contribution in [3.63, 3.8) is 0 Å². The molecule has 2 nitrogen and oxygen atoms in total. The van der Waals surface area contributed by atoms with Gasteiger partial charge in [0.25, 0.3) is 0 Å². The molecule has 0 N–H and O–H groups in total. The van der Waals surface area contributed by atoms with Crippen molar-refractivity contribution in [3.8, 4) is 0 Å². The number of alkyl halides is 3. The number of aldehydes is 1. The summed E-state index contributed by atoms with van der Waals surface area (Å²) in [6.45, 7) is 1.89. The molecule has 17 heavy (non-hydrogen) atoms. The molecule has 1 atom stereocenters. The number of thioether (sulfide) groups is 1.